The molecule has 0 amide bonds. The van der Waals surface area contributed by atoms with E-state index in [2.05, 4.69) is 6.58 Å². The summed E-state index contributed by atoms with van der Waals surface area (Å²) in [6.07, 6.45) is 1.43. The van der Waals surface area contributed by atoms with Crippen molar-refractivity contribution in [2.75, 3.05) is 0 Å². The highest BCUT2D eigenvalue weighted by Crippen LogP contribution is 2.17. The Morgan fingerprint density at radius 3 is 2.70 bits per heavy atom. The van der Waals surface area contributed by atoms with Crippen molar-refractivity contribution in [1.82, 2.24) is 0 Å². The van der Waals surface area contributed by atoms with Crippen LogP contribution in [-0.2, 0) is 0 Å². The van der Waals surface area contributed by atoms with Gasteiger partial charge in [-0.1, -0.05) is 36.4 Å². The lowest BCUT2D eigenvalue weighted by Gasteiger charge is -1.96. The molecule has 0 atom stereocenters. The first-order valence-electron chi connectivity index (χ1n) is 2.82. The van der Waals surface area contributed by atoms with Crippen LogP contribution in [0, 0.1) is 5.82 Å². The molecule has 2 heteroatoms. The molecule has 0 spiro atoms. The van der Waals surface area contributed by atoms with Gasteiger partial charge in [-0.3, -0.25) is 0 Å². The van der Waals surface area contributed by atoms with Crippen LogP contribution in [0.5, 0.6) is 0 Å². The highest BCUT2D eigenvalue weighted by Gasteiger charge is 2.00. The van der Waals surface area contributed by atoms with Crippen molar-refractivity contribution in [2.45, 2.75) is 0 Å². The molecule has 52 valence electrons. The number of rotatable bonds is 1. The second kappa shape index (κ2) is 2.84. The fraction of sp³-hybridized carbons (Fsp3) is 0. The first-order chi connectivity index (χ1) is 4.75. The van der Waals surface area contributed by atoms with Gasteiger partial charge in [-0.2, -0.15) is 0 Å². The molecule has 1 aromatic rings. The fourth-order valence-corrected chi connectivity index (χ4v) is 0.860. The summed E-state index contributed by atoms with van der Waals surface area (Å²) < 4.78 is 12.8. The zero-order valence-corrected chi connectivity index (χ0v) is 6.03. The van der Waals surface area contributed by atoms with E-state index in [1.807, 2.05) is 0 Å². The van der Waals surface area contributed by atoms with Gasteiger partial charge in [0.05, 0.1) is 5.02 Å². The molecule has 10 heavy (non-hydrogen) atoms. The quantitative estimate of drug-likeness (QED) is 0.586. The molecule has 0 fully saturated rings. The van der Waals surface area contributed by atoms with E-state index in [9.17, 15) is 4.39 Å². The van der Waals surface area contributed by atoms with Crippen LogP contribution in [0.25, 0.3) is 6.08 Å². The number of hydrogen-bond donors (Lipinski definition) is 0. The molecule has 0 aliphatic heterocycles. The molecular formula is C8H6ClF. The van der Waals surface area contributed by atoms with E-state index in [-0.39, 0.29) is 5.02 Å². The third-order valence-electron chi connectivity index (χ3n) is 1.20. The molecule has 0 nitrogen and oxygen atoms in total. The van der Waals surface area contributed by atoms with Crippen molar-refractivity contribution in [3.63, 3.8) is 0 Å². The minimum absolute atomic E-state index is 0.136. The van der Waals surface area contributed by atoms with E-state index in [1.165, 1.54) is 12.1 Å². The Morgan fingerprint density at radius 2 is 2.20 bits per heavy atom. The lowest BCUT2D eigenvalue weighted by molar-refractivity contribution is 0.625. The van der Waals surface area contributed by atoms with Crippen LogP contribution < -0.4 is 0 Å². The maximum absolute atomic E-state index is 12.8. The van der Waals surface area contributed by atoms with Crippen LogP contribution in [0.15, 0.2) is 24.8 Å². The molecule has 0 heterocycles. The molecule has 0 aliphatic rings. The lowest BCUT2D eigenvalue weighted by Crippen LogP contribution is -1.80. The van der Waals surface area contributed by atoms with Gasteiger partial charge in [0.25, 0.3) is 0 Å². The minimum Gasteiger partial charge on any atom is -0.205 e. The van der Waals surface area contributed by atoms with E-state index in [4.69, 9.17) is 11.6 Å². The largest absolute Gasteiger partial charge is 0.205 e. The maximum Gasteiger partial charge on any atom is 0.148 e. The molecule has 1 aromatic carbocycles. The first-order valence-corrected chi connectivity index (χ1v) is 3.20. The molecule has 0 radical (unpaired) electrons. The summed E-state index contributed by atoms with van der Waals surface area (Å²) in [6, 6.07) is 4.81. The van der Waals surface area contributed by atoms with E-state index >= 15 is 0 Å². The highest BCUT2D eigenvalue weighted by molar-refractivity contribution is 6.30. The van der Waals surface area contributed by atoms with Crippen LogP contribution in [0.4, 0.5) is 4.39 Å². The van der Waals surface area contributed by atoms with Crippen molar-refractivity contribution < 1.29 is 4.39 Å². The van der Waals surface area contributed by atoms with Gasteiger partial charge in [-0.05, 0) is 6.07 Å². The Kier molecular flexibility index (Phi) is 2.07. The van der Waals surface area contributed by atoms with Crippen molar-refractivity contribution in [3.05, 3.63) is 41.2 Å². The summed E-state index contributed by atoms with van der Waals surface area (Å²) in [5, 5.41) is 0.136. The van der Waals surface area contributed by atoms with Gasteiger partial charge in [0.2, 0.25) is 0 Å². The summed E-state index contributed by atoms with van der Waals surface area (Å²) in [6.45, 7) is 3.43. The smallest absolute Gasteiger partial charge is 0.148 e. The molecular weight excluding hydrogens is 151 g/mol. The monoisotopic (exact) mass is 156 g/mol. The van der Waals surface area contributed by atoms with Crippen molar-refractivity contribution in [2.24, 2.45) is 0 Å². The van der Waals surface area contributed by atoms with Gasteiger partial charge < -0.3 is 0 Å². The fourth-order valence-electron chi connectivity index (χ4n) is 0.678. The Labute approximate surface area is 63.9 Å². The molecule has 1 rings (SSSR count). The number of hydrogen-bond acceptors (Lipinski definition) is 0. The van der Waals surface area contributed by atoms with Crippen LogP contribution >= 0.6 is 11.6 Å². The predicted molar refractivity (Wildman–Crippen MR) is 41.5 cm³/mol. The molecule has 0 saturated carbocycles. The predicted octanol–water partition coefficient (Wildman–Crippen LogP) is 3.12. The first kappa shape index (κ1) is 7.29. The van der Waals surface area contributed by atoms with Gasteiger partial charge >= 0.3 is 0 Å². The summed E-state index contributed by atoms with van der Waals surface area (Å²) in [5.74, 6) is -0.404. The van der Waals surface area contributed by atoms with Crippen LogP contribution in [0.2, 0.25) is 5.02 Å². The second-order valence-corrected chi connectivity index (χ2v) is 2.25. The Bertz CT molecular complexity index is 255. The highest BCUT2D eigenvalue weighted by atomic mass is 35.5. The second-order valence-electron chi connectivity index (χ2n) is 1.85. The van der Waals surface area contributed by atoms with E-state index in [0.29, 0.717) is 5.56 Å². The average molecular weight is 157 g/mol. The minimum atomic E-state index is -0.404. The summed E-state index contributed by atoms with van der Waals surface area (Å²) >= 11 is 5.47. The maximum atomic E-state index is 12.8. The number of benzene rings is 1. The lowest BCUT2D eigenvalue weighted by atomic mass is 10.2. The van der Waals surface area contributed by atoms with Gasteiger partial charge in [-0.15, -0.1) is 0 Å². The average Bonchev–Trinajstić information content (AvgIpc) is 1.95. The molecule has 0 unspecified atom stereocenters. The summed E-state index contributed by atoms with van der Waals surface area (Å²) in [7, 11) is 0. The zero-order chi connectivity index (χ0) is 7.56. The van der Waals surface area contributed by atoms with Crippen molar-refractivity contribution in [3.8, 4) is 0 Å². The summed E-state index contributed by atoms with van der Waals surface area (Å²) in [4.78, 5) is 0. The Hall–Kier alpha value is -0.820. The third-order valence-corrected chi connectivity index (χ3v) is 1.49. The van der Waals surface area contributed by atoms with E-state index < -0.39 is 5.82 Å². The molecule has 0 saturated heterocycles. The SMILES string of the molecule is C=Cc1cccc(Cl)c1F. The normalized spacial score (nSPS) is 9.40. The standard InChI is InChI=1S/C8H6ClF/c1-2-6-4-3-5-7(9)8(6)10/h2-5H,1H2. The van der Waals surface area contributed by atoms with E-state index in [0.717, 1.165) is 0 Å². The Balaban J connectivity index is 3.27. The summed E-state index contributed by atoms with van der Waals surface area (Å²) in [5.41, 5.74) is 0.438. The van der Waals surface area contributed by atoms with Crippen molar-refractivity contribution >= 4 is 17.7 Å². The zero-order valence-electron chi connectivity index (χ0n) is 5.27. The van der Waals surface area contributed by atoms with Gasteiger partial charge in [0.15, 0.2) is 0 Å². The van der Waals surface area contributed by atoms with Crippen LogP contribution in [0.3, 0.4) is 0 Å². The van der Waals surface area contributed by atoms with Gasteiger partial charge in [0, 0.05) is 5.56 Å². The molecule has 0 bridgehead atoms. The van der Waals surface area contributed by atoms with Crippen LogP contribution in [0.1, 0.15) is 5.56 Å². The molecule has 0 aromatic heterocycles. The molecule has 0 aliphatic carbocycles. The van der Waals surface area contributed by atoms with Gasteiger partial charge in [-0.25, -0.2) is 4.39 Å². The Morgan fingerprint density at radius 1 is 1.50 bits per heavy atom. The van der Waals surface area contributed by atoms with Crippen LogP contribution in [-0.4, -0.2) is 0 Å². The van der Waals surface area contributed by atoms with Crippen molar-refractivity contribution in [1.29, 1.82) is 0 Å². The van der Waals surface area contributed by atoms with Gasteiger partial charge in [0.1, 0.15) is 5.82 Å². The topological polar surface area (TPSA) is 0 Å². The third kappa shape index (κ3) is 1.19. The number of halogens is 2. The molecule has 0 N–H and O–H groups in total. The van der Waals surface area contributed by atoms with E-state index in [1.54, 1.807) is 12.1 Å².